The van der Waals surface area contributed by atoms with Gasteiger partial charge in [-0.3, -0.25) is 0 Å². The lowest BCUT2D eigenvalue weighted by Gasteiger charge is -2.23. The van der Waals surface area contributed by atoms with E-state index < -0.39 is 0 Å². The Kier molecular flexibility index (Phi) is 24.2. The Hall–Kier alpha value is -0.810. The number of likely N-dealkylation sites (N-methyl/N-ethyl adjacent to an activating group) is 2. The number of nitrogens with one attached hydrogen (secondary N) is 1. The van der Waals surface area contributed by atoms with Crippen molar-refractivity contribution in [3.05, 3.63) is 0 Å². The Morgan fingerprint density at radius 1 is 0.656 bits per heavy atom. The zero-order valence-electron chi connectivity index (χ0n) is 22.3. The fraction of sp³-hybridized carbons (Fsp3) is 0.963. The number of carbonyl (C=O) groups excluding carboxylic acids is 1. The van der Waals surface area contributed by atoms with Gasteiger partial charge in [-0.25, -0.2) is 4.79 Å². The second kappa shape index (κ2) is 24.8. The van der Waals surface area contributed by atoms with Crippen LogP contribution in [-0.2, 0) is 4.74 Å². The normalized spacial score (nSPS) is 11.3. The molecule has 0 aromatic rings. The minimum Gasteiger partial charge on any atom is -0.448 e. The van der Waals surface area contributed by atoms with Crippen LogP contribution in [0.25, 0.3) is 0 Å². The minimum absolute atomic E-state index is 0.113. The molecule has 192 valence electrons. The van der Waals surface area contributed by atoms with Gasteiger partial charge in [0.15, 0.2) is 0 Å². The van der Waals surface area contributed by atoms with Crippen LogP contribution in [0.5, 0.6) is 0 Å². The molecule has 5 heteroatoms. The summed E-state index contributed by atoms with van der Waals surface area (Å²) in [6.45, 7) is 9.41. The summed E-state index contributed by atoms with van der Waals surface area (Å²) in [5, 5.41) is 3.15. The van der Waals surface area contributed by atoms with Crippen molar-refractivity contribution >= 4 is 6.09 Å². The van der Waals surface area contributed by atoms with Crippen LogP contribution >= 0.6 is 0 Å². The maximum absolute atomic E-state index is 12.7. The molecule has 0 aromatic heterocycles. The fourth-order valence-electron chi connectivity index (χ4n) is 3.96. The molecule has 0 radical (unpaired) electrons. The molecule has 1 N–H and O–H groups in total. The van der Waals surface area contributed by atoms with Crippen LogP contribution in [0.1, 0.15) is 117 Å². The van der Waals surface area contributed by atoms with Gasteiger partial charge in [0.1, 0.15) is 6.61 Å². The molecule has 0 heterocycles. The Bertz CT molecular complexity index is 373. The van der Waals surface area contributed by atoms with E-state index in [9.17, 15) is 4.79 Å². The second-order valence-corrected chi connectivity index (χ2v) is 9.46. The molecule has 0 saturated carbocycles. The summed E-state index contributed by atoms with van der Waals surface area (Å²) < 4.78 is 5.62. The summed E-state index contributed by atoms with van der Waals surface area (Å²) in [6.07, 6.45) is 20.6. The van der Waals surface area contributed by atoms with Crippen molar-refractivity contribution in [3.8, 4) is 0 Å². The predicted molar refractivity (Wildman–Crippen MR) is 140 cm³/mol. The Balaban J connectivity index is 4.14. The quantitative estimate of drug-likeness (QED) is 0.162. The number of amides is 1. The lowest BCUT2D eigenvalue weighted by Crippen LogP contribution is -2.36. The van der Waals surface area contributed by atoms with Gasteiger partial charge in [-0.05, 0) is 26.9 Å². The largest absolute Gasteiger partial charge is 0.448 e. The van der Waals surface area contributed by atoms with Crippen LogP contribution in [0.15, 0.2) is 0 Å². The maximum Gasteiger partial charge on any atom is 0.409 e. The standard InChI is InChI=1S/C27H57N3O2/c1-5-7-9-11-13-15-17-19-22-30(23-20-18-16-14-12-10-8-6-2)27(31)32-26-25-29(4)24-21-28-3/h28H,5-26H2,1-4H3. The van der Waals surface area contributed by atoms with Crippen LogP contribution in [0.3, 0.4) is 0 Å². The molecule has 32 heavy (non-hydrogen) atoms. The van der Waals surface area contributed by atoms with E-state index in [0.29, 0.717) is 6.61 Å². The van der Waals surface area contributed by atoms with Gasteiger partial charge in [0, 0.05) is 32.7 Å². The van der Waals surface area contributed by atoms with Crippen molar-refractivity contribution in [2.24, 2.45) is 0 Å². The lowest BCUT2D eigenvalue weighted by atomic mass is 10.1. The molecule has 0 aliphatic heterocycles. The molecule has 0 bridgehead atoms. The molecule has 0 unspecified atom stereocenters. The van der Waals surface area contributed by atoms with Crippen molar-refractivity contribution in [2.75, 3.05) is 53.4 Å². The number of rotatable bonds is 24. The van der Waals surface area contributed by atoms with E-state index in [1.807, 2.05) is 11.9 Å². The average Bonchev–Trinajstić information content (AvgIpc) is 2.79. The lowest BCUT2D eigenvalue weighted by molar-refractivity contribution is 0.0923. The van der Waals surface area contributed by atoms with E-state index in [1.165, 1.54) is 89.9 Å². The third kappa shape index (κ3) is 21.1. The SMILES string of the molecule is CCCCCCCCCCN(CCCCCCCCCC)C(=O)OCCN(C)CCNC. The van der Waals surface area contributed by atoms with E-state index in [1.54, 1.807) is 0 Å². The predicted octanol–water partition coefficient (Wildman–Crippen LogP) is 6.86. The first-order valence-corrected chi connectivity index (χ1v) is 13.9. The molecule has 0 aromatic carbocycles. The highest BCUT2D eigenvalue weighted by Crippen LogP contribution is 2.12. The van der Waals surface area contributed by atoms with Gasteiger partial charge in [-0.1, -0.05) is 104 Å². The third-order valence-electron chi connectivity index (χ3n) is 6.26. The average molecular weight is 456 g/mol. The molecular formula is C27H57N3O2. The first kappa shape index (κ1) is 31.2. The summed E-state index contributed by atoms with van der Waals surface area (Å²) in [7, 11) is 4.03. The van der Waals surface area contributed by atoms with Gasteiger partial charge < -0.3 is 19.9 Å². The molecule has 0 saturated heterocycles. The van der Waals surface area contributed by atoms with Crippen molar-refractivity contribution in [1.82, 2.24) is 15.1 Å². The van der Waals surface area contributed by atoms with Crippen LogP contribution in [0.4, 0.5) is 4.79 Å². The van der Waals surface area contributed by atoms with E-state index in [-0.39, 0.29) is 6.09 Å². The Morgan fingerprint density at radius 3 is 1.53 bits per heavy atom. The number of hydrogen-bond donors (Lipinski definition) is 1. The molecule has 0 aliphatic carbocycles. The fourth-order valence-corrected chi connectivity index (χ4v) is 3.96. The van der Waals surface area contributed by atoms with Crippen LogP contribution < -0.4 is 5.32 Å². The number of ether oxygens (including phenoxy) is 1. The first-order chi connectivity index (χ1) is 15.7. The smallest absolute Gasteiger partial charge is 0.409 e. The molecule has 0 aliphatic rings. The third-order valence-corrected chi connectivity index (χ3v) is 6.26. The van der Waals surface area contributed by atoms with Crippen molar-refractivity contribution in [3.63, 3.8) is 0 Å². The zero-order valence-corrected chi connectivity index (χ0v) is 22.3. The highest BCUT2D eigenvalue weighted by atomic mass is 16.6. The van der Waals surface area contributed by atoms with Gasteiger partial charge in [-0.2, -0.15) is 0 Å². The Labute approximate surface area is 201 Å². The summed E-state index contributed by atoms with van der Waals surface area (Å²) in [4.78, 5) is 16.9. The molecule has 0 atom stereocenters. The summed E-state index contributed by atoms with van der Waals surface area (Å²) in [6, 6.07) is 0. The van der Waals surface area contributed by atoms with E-state index in [4.69, 9.17) is 4.74 Å². The second-order valence-electron chi connectivity index (χ2n) is 9.46. The topological polar surface area (TPSA) is 44.8 Å². The number of nitrogens with zero attached hydrogens (tertiary/aromatic N) is 2. The molecule has 0 spiro atoms. The molecule has 0 fully saturated rings. The van der Waals surface area contributed by atoms with Crippen molar-refractivity contribution < 1.29 is 9.53 Å². The number of hydrogen-bond acceptors (Lipinski definition) is 4. The molecule has 5 nitrogen and oxygen atoms in total. The van der Waals surface area contributed by atoms with E-state index in [2.05, 4.69) is 31.1 Å². The van der Waals surface area contributed by atoms with Crippen LogP contribution in [0, 0.1) is 0 Å². The summed E-state index contributed by atoms with van der Waals surface area (Å²) in [5.41, 5.74) is 0. The van der Waals surface area contributed by atoms with Crippen molar-refractivity contribution in [1.29, 1.82) is 0 Å². The monoisotopic (exact) mass is 455 g/mol. The maximum atomic E-state index is 12.7. The highest BCUT2D eigenvalue weighted by molar-refractivity contribution is 5.67. The van der Waals surface area contributed by atoms with E-state index in [0.717, 1.165) is 45.6 Å². The van der Waals surface area contributed by atoms with Crippen LogP contribution in [-0.4, -0.2) is 69.3 Å². The molecular weight excluding hydrogens is 398 g/mol. The molecule has 0 rings (SSSR count). The van der Waals surface area contributed by atoms with Gasteiger partial charge >= 0.3 is 6.09 Å². The first-order valence-electron chi connectivity index (χ1n) is 13.9. The van der Waals surface area contributed by atoms with Gasteiger partial charge in [0.2, 0.25) is 0 Å². The minimum atomic E-state index is -0.113. The van der Waals surface area contributed by atoms with Gasteiger partial charge in [-0.15, -0.1) is 0 Å². The zero-order chi connectivity index (χ0) is 23.7. The molecule has 1 amide bonds. The summed E-state index contributed by atoms with van der Waals surface area (Å²) in [5.74, 6) is 0. The number of carbonyl (C=O) groups is 1. The van der Waals surface area contributed by atoms with Crippen molar-refractivity contribution in [2.45, 2.75) is 117 Å². The number of unbranched alkanes of at least 4 members (excludes halogenated alkanes) is 14. The van der Waals surface area contributed by atoms with E-state index >= 15 is 0 Å². The van der Waals surface area contributed by atoms with Gasteiger partial charge in [0.25, 0.3) is 0 Å². The summed E-state index contributed by atoms with van der Waals surface area (Å²) >= 11 is 0. The van der Waals surface area contributed by atoms with Gasteiger partial charge in [0.05, 0.1) is 0 Å². The highest BCUT2D eigenvalue weighted by Gasteiger charge is 2.14. The Morgan fingerprint density at radius 2 is 1.09 bits per heavy atom. The van der Waals surface area contributed by atoms with Crippen LogP contribution in [0.2, 0.25) is 0 Å².